The van der Waals surface area contributed by atoms with Crippen LogP contribution in [0.2, 0.25) is 0 Å². The van der Waals surface area contributed by atoms with E-state index < -0.39 is 0 Å². The number of ether oxygens (including phenoxy) is 1. The van der Waals surface area contributed by atoms with Gasteiger partial charge in [-0.3, -0.25) is 4.79 Å². The lowest BCUT2D eigenvalue weighted by molar-refractivity contribution is -0.145. The van der Waals surface area contributed by atoms with Crippen molar-refractivity contribution in [3.8, 4) is 0 Å². The number of rotatable bonds is 2. The highest BCUT2D eigenvalue weighted by molar-refractivity contribution is 5.97. The molecule has 0 N–H and O–H groups in total. The quantitative estimate of drug-likeness (QED) is 0.375. The van der Waals surface area contributed by atoms with Crippen LogP contribution >= 0.6 is 0 Å². The Morgan fingerprint density at radius 1 is 1.64 bits per heavy atom. The number of carbonyl (C=O) groups excluding carboxylic acids is 1. The Bertz CT molecular complexity index is 338. The van der Waals surface area contributed by atoms with E-state index in [0.717, 1.165) is 0 Å². The van der Waals surface area contributed by atoms with Gasteiger partial charge in [0.25, 0.3) is 5.71 Å². The molecule has 4 nitrogen and oxygen atoms in total. The lowest BCUT2D eigenvalue weighted by Gasteiger charge is -2.14. The molecule has 0 aromatic heterocycles. The normalized spacial score (nSPS) is 21.6. The van der Waals surface area contributed by atoms with E-state index in [2.05, 4.69) is 9.53 Å². The zero-order valence-electron chi connectivity index (χ0n) is 8.18. The standard InChI is InChI=1S/C10H12N2O2/c1-7(10(13)14-2)8-5-3-4-6-9(8)12-11/h3-8H,1-2H3. The first-order chi connectivity index (χ1) is 6.70. The summed E-state index contributed by atoms with van der Waals surface area (Å²) in [6, 6.07) is 0. The van der Waals surface area contributed by atoms with Gasteiger partial charge in [0.1, 0.15) is 0 Å². The number of hydrogen-bond acceptors (Lipinski definition) is 2. The summed E-state index contributed by atoms with van der Waals surface area (Å²) >= 11 is 0. The monoisotopic (exact) mass is 192 g/mol. The van der Waals surface area contributed by atoms with E-state index in [-0.39, 0.29) is 17.8 Å². The maximum Gasteiger partial charge on any atom is 0.309 e. The third-order valence-electron chi connectivity index (χ3n) is 2.27. The van der Waals surface area contributed by atoms with Gasteiger partial charge >= 0.3 is 5.97 Å². The van der Waals surface area contributed by atoms with Gasteiger partial charge in [0.2, 0.25) is 0 Å². The molecule has 0 aromatic carbocycles. The molecule has 0 spiro atoms. The fourth-order valence-corrected chi connectivity index (χ4v) is 1.40. The molecule has 4 heteroatoms. The van der Waals surface area contributed by atoms with Crippen molar-refractivity contribution in [3.63, 3.8) is 0 Å². The van der Waals surface area contributed by atoms with Crippen molar-refractivity contribution < 1.29 is 14.3 Å². The Balaban J connectivity index is 2.87. The topological polar surface area (TPSA) is 62.7 Å². The fourth-order valence-electron chi connectivity index (χ4n) is 1.40. The van der Waals surface area contributed by atoms with Crippen LogP contribution in [0.4, 0.5) is 0 Å². The van der Waals surface area contributed by atoms with Gasteiger partial charge in [-0.15, -0.1) is 0 Å². The predicted molar refractivity (Wildman–Crippen MR) is 51.6 cm³/mol. The summed E-state index contributed by atoms with van der Waals surface area (Å²) in [5, 5.41) is 0. The molecular formula is C10H12N2O2. The average molecular weight is 192 g/mol. The van der Waals surface area contributed by atoms with Crippen molar-refractivity contribution in [1.82, 2.24) is 0 Å². The molecule has 0 fully saturated rings. The SMILES string of the molecule is COC(=O)C(C)C1C=CC=CC1=[N+]=[N-]. The van der Waals surface area contributed by atoms with E-state index in [4.69, 9.17) is 5.53 Å². The number of esters is 1. The highest BCUT2D eigenvalue weighted by atomic mass is 16.5. The van der Waals surface area contributed by atoms with Crippen LogP contribution in [-0.2, 0) is 9.53 Å². The number of allylic oxidation sites excluding steroid dienone is 4. The molecule has 1 aliphatic carbocycles. The first-order valence-corrected chi connectivity index (χ1v) is 4.35. The summed E-state index contributed by atoms with van der Waals surface area (Å²) in [5.41, 5.74) is 9.19. The molecule has 0 amide bonds. The summed E-state index contributed by atoms with van der Waals surface area (Å²) < 4.78 is 4.62. The lowest BCUT2D eigenvalue weighted by atomic mass is 9.87. The number of hydrogen-bond donors (Lipinski definition) is 0. The van der Waals surface area contributed by atoms with Crippen molar-refractivity contribution in [2.75, 3.05) is 7.11 Å². The molecule has 2 atom stereocenters. The molecule has 0 saturated carbocycles. The highest BCUT2D eigenvalue weighted by Gasteiger charge is 2.31. The maximum absolute atomic E-state index is 11.3. The fraction of sp³-hybridized carbons (Fsp3) is 0.400. The van der Waals surface area contributed by atoms with E-state index >= 15 is 0 Å². The third kappa shape index (κ3) is 1.98. The lowest BCUT2D eigenvalue weighted by Crippen LogP contribution is -2.27. The number of methoxy groups -OCH3 is 1. The summed E-state index contributed by atoms with van der Waals surface area (Å²) in [6.45, 7) is 1.74. The minimum Gasteiger partial charge on any atom is -0.469 e. The van der Waals surface area contributed by atoms with Gasteiger partial charge in [0, 0.05) is 6.08 Å². The van der Waals surface area contributed by atoms with E-state index in [1.807, 2.05) is 12.2 Å². The van der Waals surface area contributed by atoms with Gasteiger partial charge < -0.3 is 10.3 Å². The summed E-state index contributed by atoms with van der Waals surface area (Å²) in [5.74, 6) is -0.861. The zero-order valence-corrected chi connectivity index (χ0v) is 8.18. The molecular weight excluding hydrogens is 180 g/mol. The van der Waals surface area contributed by atoms with Crippen LogP contribution in [0, 0.1) is 11.8 Å². The Labute approximate surface area is 82.5 Å². The van der Waals surface area contributed by atoms with Gasteiger partial charge in [-0.25, -0.2) is 0 Å². The summed E-state index contributed by atoms with van der Waals surface area (Å²) in [6.07, 6.45) is 7.06. The molecule has 0 bridgehead atoms. The third-order valence-corrected chi connectivity index (χ3v) is 2.27. The molecule has 0 radical (unpaired) electrons. The van der Waals surface area contributed by atoms with E-state index in [0.29, 0.717) is 5.71 Å². The second kappa shape index (κ2) is 4.53. The Kier molecular flexibility index (Phi) is 3.37. The van der Waals surface area contributed by atoms with Gasteiger partial charge in [-0.1, -0.05) is 25.2 Å². The van der Waals surface area contributed by atoms with Crippen LogP contribution in [-0.4, -0.2) is 23.6 Å². The molecule has 0 aromatic rings. The van der Waals surface area contributed by atoms with Crippen LogP contribution < -0.4 is 0 Å². The first kappa shape index (κ1) is 10.4. The zero-order chi connectivity index (χ0) is 10.6. The van der Waals surface area contributed by atoms with Crippen molar-refractivity contribution in [2.24, 2.45) is 11.8 Å². The van der Waals surface area contributed by atoms with Crippen LogP contribution in [0.5, 0.6) is 0 Å². The van der Waals surface area contributed by atoms with Gasteiger partial charge in [0.15, 0.2) is 0 Å². The predicted octanol–water partition coefficient (Wildman–Crippen LogP) is 1.21. The number of nitrogens with zero attached hydrogens (tertiary/aromatic N) is 2. The second-order valence-electron chi connectivity index (χ2n) is 3.11. The van der Waals surface area contributed by atoms with Crippen LogP contribution in [0.1, 0.15) is 6.92 Å². The van der Waals surface area contributed by atoms with Crippen LogP contribution in [0.25, 0.3) is 5.53 Å². The molecule has 0 saturated heterocycles. The van der Waals surface area contributed by atoms with Crippen molar-refractivity contribution in [1.29, 1.82) is 0 Å². The summed E-state index contributed by atoms with van der Waals surface area (Å²) in [7, 11) is 1.34. The Hall–Kier alpha value is -1.67. The molecule has 14 heavy (non-hydrogen) atoms. The van der Waals surface area contributed by atoms with Crippen LogP contribution in [0.15, 0.2) is 24.3 Å². The Morgan fingerprint density at radius 2 is 2.36 bits per heavy atom. The van der Waals surface area contributed by atoms with Crippen molar-refractivity contribution in [2.45, 2.75) is 6.92 Å². The van der Waals surface area contributed by atoms with E-state index in [1.165, 1.54) is 7.11 Å². The minimum atomic E-state index is -0.341. The van der Waals surface area contributed by atoms with E-state index in [1.54, 1.807) is 19.1 Å². The van der Waals surface area contributed by atoms with Gasteiger partial charge in [0.05, 0.1) is 18.9 Å². The molecule has 0 heterocycles. The van der Waals surface area contributed by atoms with Gasteiger partial charge in [-0.05, 0) is 0 Å². The molecule has 0 aliphatic heterocycles. The summed E-state index contributed by atoms with van der Waals surface area (Å²) in [4.78, 5) is 14.4. The van der Waals surface area contributed by atoms with Crippen molar-refractivity contribution in [3.05, 3.63) is 29.8 Å². The van der Waals surface area contributed by atoms with Gasteiger partial charge in [-0.2, -0.15) is 4.79 Å². The molecule has 2 unspecified atom stereocenters. The van der Waals surface area contributed by atoms with Crippen molar-refractivity contribution >= 4 is 11.7 Å². The first-order valence-electron chi connectivity index (χ1n) is 4.35. The van der Waals surface area contributed by atoms with E-state index in [9.17, 15) is 4.79 Å². The smallest absolute Gasteiger partial charge is 0.309 e. The minimum absolute atomic E-state index is 0.211. The molecule has 74 valence electrons. The second-order valence-corrected chi connectivity index (χ2v) is 3.11. The number of carbonyl (C=O) groups is 1. The average Bonchev–Trinajstić information content (AvgIpc) is 2.26. The highest BCUT2D eigenvalue weighted by Crippen LogP contribution is 2.19. The Morgan fingerprint density at radius 3 is 2.93 bits per heavy atom. The maximum atomic E-state index is 11.3. The molecule has 1 rings (SSSR count). The molecule has 1 aliphatic rings. The largest absolute Gasteiger partial charge is 0.469 e. The van der Waals surface area contributed by atoms with Crippen LogP contribution in [0.3, 0.4) is 0 Å².